The largest absolute Gasteiger partial charge is 0.425 e. The summed E-state index contributed by atoms with van der Waals surface area (Å²) in [6.07, 6.45) is -0.0315. The summed E-state index contributed by atoms with van der Waals surface area (Å²) in [6.45, 7) is 6.98. The molecule has 0 aliphatic carbocycles. The molecule has 4 heterocycles. The molecule has 4 rings (SSSR count). The number of likely N-dealkylation sites (N-methyl/N-ethyl adjacent to an activating group) is 1. The van der Waals surface area contributed by atoms with Crippen LogP contribution in [-0.2, 0) is 41.6 Å². The number of fused-ring (bicyclic) bond motifs is 1. The number of carbonyl (C=O) groups excluding carboxylic acids is 4. The van der Waals surface area contributed by atoms with Gasteiger partial charge in [0.1, 0.15) is 17.1 Å². The van der Waals surface area contributed by atoms with Gasteiger partial charge in [0.2, 0.25) is 17.4 Å². The molecule has 262 valence electrons. The third-order valence-electron chi connectivity index (χ3n) is 6.70. The second-order valence-corrected chi connectivity index (χ2v) is 14.2. The Morgan fingerprint density at radius 2 is 1.98 bits per heavy atom. The predicted octanol–water partition coefficient (Wildman–Crippen LogP) is 2.36. The first-order valence-electron chi connectivity index (χ1n) is 14.6. The number of amides is 2. The minimum Gasteiger partial charge on any atom is -0.425 e. The smallest absolute Gasteiger partial charge is 0.358 e. The molecule has 0 radical (unpaired) electrons. The van der Waals surface area contributed by atoms with Gasteiger partial charge in [-0.15, -0.1) is 53.0 Å². The predicted molar refractivity (Wildman–Crippen MR) is 184 cm³/mol. The molecule has 2 aromatic heterocycles. The summed E-state index contributed by atoms with van der Waals surface area (Å²) in [4.78, 5) is 59.9. The van der Waals surface area contributed by atoms with Crippen molar-refractivity contribution < 1.29 is 28.7 Å². The van der Waals surface area contributed by atoms with Crippen LogP contribution in [0, 0.1) is 5.92 Å². The molecule has 2 aromatic rings. The lowest BCUT2D eigenvalue weighted by molar-refractivity contribution is -0.189. The SMILES string of the molecule is CCCC(OC(=O)CC(C)C)OC(=O)C1=C(CSc2nnnn2CCN(C)C)CS[C@@H]2[C@H](NC(=O)Cc3csc(N)n3)C(=O)N12.Cl.Cl. The van der Waals surface area contributed by atoms with E-state index in [0.717, 1.165) is 6.54 Å². The normalized spacial score (nSPS) is 17.8. The molecular formula is C27H41Cl2N9O6S3. The lowest BCUT2D eigenvalue weighted by Gasteiger charge is -2.49. The molecule has 2 aliphatic rings. The van der Waals surface area contributed by atoms with Gasteiger partial charge in [0.15, 0.2) is 5.13 Å². The number of β-lactam (4-membered cyclic amide) rings is 1. The van der Waals surface area contributed by atoms with Gasteiger partial charge in [0.05, 0.1) is 18.7 Å². The fraction of sp³-hybridized carbons (Fsp3) is 0.630. The van der Waals surface area contributed by atoms with Crippen LogP contribution in [0.1, 0.15) is 45.7 Å². The second-order valence-electron chi connectivity index (χ2n) is 11.2. The maximum atomic E-state index is 13.8. The van der Waals surface area contributed by atoms with Crippen LogP contribution in [0.4, 0.5) is 5.13 Å². The number of aromatic nitrogens is 5. The topological polar surface area (TPSA) is 188 Å². The van der Waals surface area contributed by atoms with E-state index < -0.39 is 35.6 Å². The quantitative estimate of drug-likeness (QED) is 0.110. The highest BCUT2D eigenvalue weighted by molar-refractivity contribution is 8.01. The van der Waals surface area contributed by atoms with Crippen molar-refractivity contribution >= 4 is 88.6 Å². The average Bonchev–Trinajstić information content (AvgIpc) is 3.60. The van der Waals surface area contributed by atoms with Gasteiger partial charge in [0.25, 0.3) is 5.91 Å². The molecular weight excluding hydrogens is 713 g/mol. The summed E-state index contributed by atoms with van der Waals surface area (Å²) in [7, 11) is 3.91. The Balaban J connectivity index is 0.00000384. The van der Waals surface area contributed by atoms with Crippen molar-refractivity contribution in [2.24, 2.45) is 5.92 Å². The first kappa shape index (κ1) is 40.5. The van der Waals surface area contributed by atoms with Crippen molar-refractivity contribution in [1.82, 2.24) is 40.3 Å². The molecule has 0 spiro atoms. The summed E-state index contributed by atoms with van der Waals surface area (Å²) in [5.41, 5.74) is 6.92. The summed E-state index contributed by atoms with van der Waals surface area (Å²) >= 11 is 4.01. The number of ether oxygens (including phenoxy) is 2. The minimum atomic E-state index is -1.10. The molecule has 15 nitrogen and oxygen atoms in total. The number of anilines is 1. The molecule has 3 atom stereocenters. The third kappa shape index (κ3) is 10.9. The molecule has 2 aliphatic heterocycles. The zero-order valence-electron chi connectivity index (χ0n) is 26.7. The number of carbonyl (C=O) groups is 4. The van der Waals surface area contributed by atoms with Crippen molar-refractivity contribution in [2.75, 3.05) is 37.9 Å². The Morgan fingerprint density at radius 1 is 1.23 bits per heavy atom. The Bertz CT molecular complexity index is 1420. The van der Waals surface area contributed by atoms with Crippen molar-refractivity contribution in [1.29, 1.82) is 0 Å². The Morgan fingerprint density at radius 3 is 2.62 bits per heavy atom. The highest BCUT2D eigenvalue weighted by Crippen LogP contribution is 2.42. The summed E-state index contributed by atoms with van der Waals surface area (Å²) in [6, 6.07) is -0.830. The van der Waals surface area contributed by atoms with Crippen LogP contribution in [-0.4, -0.2) is 109 Å². The van der Waals surface area contributed by atoms with Crippen LogP contribution in [0.5, 0.6) is 0 Å². The molecule has 0 aromatic carbocycles. The first-order valence-corrected chi connectivity index (χ1v) is 17.5. The van der Waals surface area contributed by atoms with Gasteiger partial charge in [-0.05, 0) is 42.4 Å². The number of hydrogen-bond acceptors (Lipinski definition) is 15. The standard InChI is InChI=1S/C27H39N9O6S3.2ClH/c1-6-7-20(41-19(38)10-15(2)3)42-25(40)22-16(13-45-27-31-32-33-35(27)9-8-34(4)5)12-43-24-21(23(39)36(22)24)30-18(37)11-17-14-44-26(28)29-17;;/h14-15,20-21,24H,6-13H2,1-5H3,(H2,28,29)(H,30,37);2*1H/t20?,21-,24-;;/m1../s1. The first-order chi connectivity index (χ1) is 21.5. The van der Waals surface area contributed by atoms with E-state index in [1.165, 1.54) is 39.8 Å². The number of esters is 2. The number of nitrogens with one attached hydrogen (secondary N) is 1. The molecule has 2 amide bonds. The van der Waals surface area contributed by atoms with Crippen molar-refractivity contribution in [3.8, 4) is 0 Å². The number of halogens is 2. The fourth-order valence-corrected chi connectivity index (χ4v) is 7.49. The molecule has 0 bridgehead atoms. The van der Waals surface area contributed by atoms with Gasteiger partial charge in [-0.1, -0.05) is 32.5 Å². The van der Waals surface area contributed by atoms with Gasteiger partial charge >= 0.3 is 11.9 Å². The number of thiazole rings is 1. The molecule has 20 heteroatoms. The van der Waals surface area contributed by atoms with Gasteiger partial charge in [-0.25, -0.2) is 14.5 Å². The molecule has 0 saturated carbocycles. The fourth-order valence-electron chi connectivity index (χ4n) is 4.54. The van der Waals surface area contributed by atoms with E-state index in [2.05, 4.69) is 25.8 Å². The molecule has 1 saturated heterocycles. The summed E-state index contributed by atoms with van der Waals surface area (Å²) in [5.74, 6) is -1.27. The van der Waals surface area contributed by atoms with Crippen LogP contribution in [0.3, 0.4) is 0 Å². The van der Waals surface area contributed by atoms with Gasteiger partial charge < -0.3 is 25.4 Å². The van der Waals surface area contributed by atoms with E-state index >= 15 is 0 Å². The van der Waals surface area contributed by atoms with E-state index in [4.69, 9.17) is 15.2 Å². The van der Waals surface area contributed by atoms with Gasteiger partial charge in [-0.2, -0.15) is 0 Å². The Labute approximate surface area is 298 Å². The third-order valence-corrected chi connectivity index (χ3v) is 9.81. The van der Waals surface area contributed by atoms with Crippen LogP contribution in [0.25, 0.3) is 0 Å². The molecule has 1 fully saturated rings. The van der Waals surface area contributed by atoms with Crippen molar-refractivity contribution in [3.63, 3.8) is 0 Å². The maximum absolute atomic E-state index is 13.8. The van der Waals surface area contributed by atoms with Crippen molar-refractivity contribution in [2.45, 2.75) is 75.9 Å². The van der Waals surface area contributed by atoms with E-state index in [-0.39, 0.29) is 55.2 Å². The number of nitrogens with zero attached hydrogens (tertiary/aromatic N) is 7. The molecule has 47 heavy (non-hydrogen) atoms. The summed E-state index contributed by atoms with van der Waals surface area (Å²) < 4.78 is 12.9. The number of nitrogens with two attached hydrogens (primary N) is 1. The highest BCUT2D eigenvalue weighted by atomic mass is 35.5. The molecule has 1 unspecified atom stereocenters. The Hall–Kier alpha value is -2.64. The zero-order valence-corrected chi connectivity index (χ0v) is 30.8. The lowest BCUT2D eigenvalue weighted by atomic mass is 10.0. The van der Waals surface area contributed by atoms with E-state index in [1.54, 1.807) is 10.1 Å². The number of tetrazole rings is 1. The van der Waals surface area contributed by atoms with Crippen molar-refractivity contribution in [3.05, 3.63) is 22.3 Å². The molecule has 3 N–H and O–H groups in total. The average molecular weight is 755 g/mol. The van der Waals surface area contributed by atoms with Crippen LogP contribution < -0.4 is 11.1 Å². The monoisotopic (exact) mass is 753 g/mol. The van der Waals surface area contributed by atoms with Crippen LogP contribution in [0.15, 0.2) is 21.8 Å². The highest BCUT2D eigenvalue weighted by Gasteiger charge is 2.54. The van der Waals surface area contributed by atoms with E-state index in [0.29, 0.717) is 52.4 Å². The number of thioether (sulfide) groups is 2. The van der Waals surface area contributed by atoms with E-state index in [9.17, 15) is 19.2 Å². The zero-order chi connectivity index (χ0) is 32.7. The number of nitrogen functional groups attached to an aromatic ring is 1. The number of rotatable bonds is 16. The van der Waals surface area contributed by atoms with E-state index in [1.807, 2.05) is 39.8 Å². The van der Waals surface area contributed by atoms with Gasteiger partial charge in [-0.3, -0.25) is 19.3 Å². The minimum absolute atomic E-state index is 0. The summed E-state index contributed by atoms with van der Waals surface area (Å²) in [5, 5.41) is 16.9. The number of hydrogen-bond donors (Lipinski definition) is 2. The second kappa shape index (κ2) is 18.8. The van der Waals surface area contributed by atoms with Gasteiger partial charge in [0, 0.05) is 36.3 Å². The maximum Gasteiger partial charge on any atom is 0.358 e. The Kier molecular flexibility index (Phi) is 16.2. The lowest BCUT2D eigenvalue weighted by Crippen LogP contribution is -2.70. The van der Waals surface area contributed by atoms with Crippen LogP contribution >= 0.6 is 59.7 Å². The van der Waals surface area contributed by atoms with Crippen LogP contribution in [0.2, 0.25) is 0 Å².